The fourth-order valence-electron chi connectivity index (χ4n) is 2.39. The van der Waals surface area contributed by atoms with Gasteiger partial charge in [0.2, 0.25) is 0 Å². The molecule has 0 bridgehead atoms. The maximum atomic E-state index is 5.66. The Balaban J connectivity index is 1.73. The first-order chi connectivity index (χ1) is 10.1. The van der Waals surface area contributed by atoms with Crippen LogP contribution in [0.25, 0.3) is 0 Å². The lowest BCUT2D eigenvalue weighted by Crippen LogP contribution is -2.19. The van der Waals surface area contributed by atoms with Crippen molar-refractivity contribution in [1.29, 1.82) is 0 Å². The van der Waals surface area contributed by atoms with Crippen LogP contribution < -0.4 is 9.47 Å². The second kappa shape index (κ2) is 6.38. The lowest BCUT2D eigenvalue weighted by Gasteiger charge is -2.22. The van der Waals surface area contributed by atoms with Crippen LogP contribution in [0.2, 0.25) is 0 Å². The predicted molar refractivity (Wildman–Crippen MR) is 89.4 cm³/mol. The van der Waals surface area contributed by atoms with E-state index in [4.69, 9.17) is 9.47 Å². The molecule has 0 fully saturated rings. The Labute approximate surface area is 137 Å². The molecule has 0 atom stereocenters. The lowest BCUT2D eigenvalue weighted by molar-refractivity contribution is 0.171. The molecule has 3 rings (SSSR count). The molecule has 0 radical (unpaired) electrons. The van der Waals surface area contributed by atoms with Crippen LogP contribution in [0.4, 0.5) is 0 Å². The van der Waals surface area contributed by atoms with E-state index in [-0.39, 0.29) is 0 Å². The van der Waals surface area contributed by atoms with E-state index < -0.39 is 0 Å². The molecule has 3 nitrogen and oxygen atoms in total. The summed E-state index contributed by atoms with van der Waals surface area (Å²) in [5, 5.41) is 2.15. The topological polar surface area (TPSA) is 21.7 Å². The smallest absolute Gasteiger partial charge is 0.162 e. The normalized spacial score (nSPS) is 13.7. The molecule has 1 aliphatic heterocycles. The minimum absolute atomic E-state index is 0.621. The first-order valence-electron chi connectivity index (χ1n) is 6.93. The van der Waals surface area contributed by atoms with Crippen molar-refractivity contribution in [2.75, 3.05) is 20.3 Å². The fourth-order valence-corrected chi connectivity index (χ4v) is 3.82. The summed E-state index contributed by atoms with van der Waals surface area (Å²) in [7, 11) is 2.14. The van der Waals surface area contributed by atoms with Crippen molar-refractivity contribution < 1.29 is 9.47 Å². The number of hydrogen-bond donors (Lipinski definition) is 0. The van der Waals surface area contributed by atoms with Gasteiger partial charge in [-0.2, -0.15) is 0 Å². The highest BCUT2D eigenvalue weighted by molar-refractivity contribution is 9.10. The van der Waals surface area contributed by atoms with Crippen LogP contribution in [0.15, 0.2) is 28.1 Å². The van der Waals surface area contributed by atoms with Gasteiger partial charge in [0.05, 0.1) is 0 Å². The second-order valence-corrected chi connectivity index (χ2v) is 7.14. The van der Waals surface area contributed by atoms with Crippen molar-refractivity contribution in [3.05, 3.63) is 44.1 Å². The maximum absolute atomic E-state index is 5.66. The molecule has 21 heavy (non-hydrogen) atoms. The third-order valence-corrected chi connectivity index (χ3v) is 5.28. The monoisotopic (exact) mass is 367 g/mol. The first kappa shape index (κ1) is 14.9. The number of nitrogens with zero attached hydrogens (tertiary/aromatic N) is 1. The van der Waals surface area contributed by atoms with Crippen molar-refractivity contribution in [3.8, 4) is 11.5 Å². The van der Waals surface area contributed by atoms with Crippen LogP contribution in [-0.2, 0) is 13.1 Å². The number of hydrogen-bond acceptors (Lipinski definition) is 4. The van der Waals surface area contributed by atoms with E-state index >= 15 is 0 Å². The number of halogens is 1. The lowest BCUT2D eigenvalue weighted by atomic mass is 10.1. The van der Waals surface area contributed by atoms with Gasteiger partial charge < -0.3 is 9.47 Å². The SMILES string of the molecule is Cc1ccsc1CN(C)Cc1cc2c(cc1Br)OCCO2. The van der Waals surface area contributed by atoms with Gasteiger partial charge in [0.1, 0.15) is 13.2 Å². The van der Waals surface area contributed by atoms with E-state index in [1.54, 1.807) is 0 Å². The molecular weight excluding hydrogens is 350 g/mol. The van der Waals surface area contributed by atoms with E-state index in [0.717, 1.165) is 29.1 Å². The summed E-state index contributed by atoms with van der Waals surface area (Å²) < 4.78 is 12.3. The number of fused-ring (bicyclic) bond motifs is 1. The number of thiophene rings is 1. The zero-order chi connectivity index (χ0) is 14.8. The van der Waals surface area contributed by atoms with Gasteiger partial charge in [-0.05, 0) is 48.7 Å². The van der Waals surface area contributed by atoms with Crippen LogP contribution in [0, 0.1) is 6.92 Å². The third kappa shape index (κ3) is 3.42. The number of ether oxygens (including phenoxy) is 2. The molecule has 0 aliphatic carbocycles. The summed E-state index contributed by atoms with van der Waals surface area (Å²) in [5.74, 6) is 1.67. The van der Waals surface area contributed by atoms with E-state index in [1.807, 2.05) is 17.4 Å². The average Bonchev–Trinajstić information content (AvgIpc) is 2.85. The second-order valence-electron chi connectivity index (χ2n) is 5.29. The third-order valence-electron chi connectivity index (χ3n) is 3.53. The number of aryl methyl sites for hydroxylation is 1. The van der Waals surface area contributed by atoms with Gasteiger partial charge in [-0.3, -0.25) is 4.90 Å². The fraction of sp³-hybridized carbons (Fsp3) is 0.375. The molecular formula is C16H18BrNO2S. The Morgan fingerprint density at radius 2 is 1.90 bits per heavy atom. The Morgan fingerprint density at radius 3 is 2.57 bits per heavy atom. The summed E-state index contributed by atoms with van der Waals surface area (Å²) in [6.07, 6.45) is 0. The van der Waals surface area contributed by atoms with Crippen LogP contribution in [0.1, 0.15) is 16.0 Å². The van der Waals surface area contributed by atoms with Crippen molar-refractivity contribution in [2.45, 2.75) is 20.0 Å². The van der Waals surface area contributed by atoms with Gasteiger partial charge >= 0.3 is 0 Å². The summed E-state index contributed by atoms with van der Waals surface area (Å²) in [6.45, 7) is 5.24. The van der Waals surface area contributed by atoms with Gasteiger partial charge in [0.25, 0.3) is 0 Å². The Kier molecular flexibility index (Phi) is 4.52. The highest BCUT2D eigenvalue weighted by Crippen LogP contribution is 2.36. The van der Waals surface area contributed by atoms with Gasteiger partial charge in [0, 0.05) is 22.4 Å². The minimum atomic E-state index is 0.621. The minimum Gasteiger partial charge on any atom is -0.486 e. The standard InChI is InChI=1S/C16H18BrNO2S/c1-11-3-6-21-16(11)10-18(2)9-12-7-14-15(8-13(12)17)20-5-4-19-14/h3,6-8H,4-5,9-10H2,1-2H3. The summed E-state index contributed by atoms with van der Waals surface area (Å²) in [4.78, 5) is 3.74. The van der Waals surface area contributed by atoms with Crippen LogP contribution in [0.3, 0.4) is 0 Å². The zero-order valence-electron chi connectivity index (χ0n) is 12.2. The van der Waals surface area contributed by atoms with Gasteiger partial charge in [-0.25, -0.2) is 0 Å². The summed E-state index contributed by atoms with van der Waals surface area (Å²) in [5.41, 5.74) is 2.59. The molecule has 1 aromatic carbocycles. The molecule has 0 N–H and O–H groups in total. The van der Waals surface area contributed by atoms with E-state index in [0.29, 0.717) is 13.2 Å². The highest BCUT2D eigenvalue weighted by Gasteiger charge is 2.16. The van der Waals surface area contributed by atoms with Gasteiger partial charge in [0.15, 0.2) is 11.5 Å². The molecule has 0 unspecified atom stereocenters. The first-order valence-corrected chi connectivity index (χ1v) is 8.60. The molecule has 2 aromatic rings. The van der Waals surface area contributed by atoms with Gasteiger partial charge in [-0.15, -0.1) is 11.3 Å². The molecule has 0 saturated carbocycles. The summed E-state index contributed by atoms with van der Waals surface area (Å²) in [6, 6.07) is 6.26. The molecule has 0 saturated heterocycles. The predicted octanol–water partition coefficient (Wildman–Crippen LogP) is 4.22. The van der Waals surface area contributed by atoms with Crippen LogP contribution in [-0.4, -0.2) is 25.2 Å². The summed E-state index contributed by atoms with van der Waals surface area (Å²) >= 11 is 5.45. The van der Waals surface area contributed by atoms with Crippen LogP contribution in [0.5, 0.6) is 11.5 Å². The average molecular weight is 368 g/mol. The molecule has 5 heteroatoms. The number of benzene rings is 1. The maximum Gasteiger partial charge on any atom is 0.162 e. The molecule has 1 aliphatic rings. The van der Waals surface area contributed by atoms with Crippen molar-refractivity contribution in [2.24, 2.45) is 0 Å². The van der Waals surface area contributed by atoms with Gasteiger partial charge in [-0.1, -0.05) is 15.9 Å². The molecule has 0 amide bonds. The molecule has 1 aromatic heterocycles. The Bertz CT molecular complexity index is 641. The number of rotatable bonds is 4. The molecule has 2 heterocycles. The van der Waals surface area contributed by atoms with Crippen molar-refractivity contribution >= 4 is 27.3 Å². The van der Waals surface area contributed by atoms with E-state index in [1.165, 1.54) is 16.0 Å². The largest absolute Gasteiger partial charge is 0.486 e. The Hall–Kier alpha value is -1.04. The van der Waals surface area contributed by atoms with E-state index in [2.05, 4.69) is 52.3 Å². The Morgan fingerprint density at radius 1 is 1.19 bits per heavy atom. The molecule has 0 spiro atoms. The highest BCUT2D eigenvalue weighted by atomic mass is 79.9. The van der Waals surface area contributed by atoms with Crippen molar-refractivity contribution in [3.63, 3.8) is 0 Å². The van der Waals surface area contributed by atoms with Crippen molar-refractivity contribution in [1.82, 2.24) is 4.90 Å². The van der Waals surface area contributed by atoms with E-state index in [9.17, 15) is 0 Å². The quantitative estimate of drug-likeness (QED) is 0.807. The molecule has 112 valence electrons. The zero-order valence-corrected chi connectivity index (χ0v) is 14.6. The van der Waals surface area contributed by atoms with Crippen LogP contribution >= 0.6 is 27.3 Å².